The number of rotatable bonds is 11. The molecule has 0 amide bonds. The molecule has 0 unspecified atom stereocenters. The second-order valence-corrected chi connectivity index (χ2v) is 10.9. The van der Waals surface area contributed by atoms with Gasteiger partial charge >= 0.3 is 6.61 Å². The molecule has 3 rings (SSSR count). The Morgan fingerprint density at radius 3 is 2.33 bits per heavy atom. The van der Waals surface area contributed by atoms with E-state index in [4.69, 9.17) is 28.3 Å². The topological polar surface area (TPSA) is 84.7 Å². The van der Waals surface area contributed by atoms with Crippen LogP contribution in [0.2, 0.25) is 10.0 Å². The lowest BCUT2D eigenvalue weighted by Crippen LogP contribution is -2.53. The maximum Gasteiger partial charge on any atom is 0.345 e. The van der Waals surface area contributed by atoms with Gasteiger partial charge in [-0.05, 0) is 42.8 Å². The number of nitrogens with two attached hydrogens (primary N) is 1. The van der Waals surface area contributed by atoms with Crippen LogP contribution in [0.25, 0.3) is 0 Å². The molecular weight excluding hydrogens is 522 g/mol. The number of sulfonamides is 1. The van der Waals surface area contributed by atoms with Gasteiger partial charge in [-0.25, -0.2) is 17.9 Å². The van der Waals surface area contributed by atoms with E-state index >= 15 is 0 Å². The summed E-state index contributed by atoms with van der Waals surface area (Å²) in [6, 6.07) is 8.33. The van der Waals surface area contributed by atoms with E-state index in [0.29, 0.717) is 37.5 Å². The van der Waals surface area contributed by atoms with Crippen LogP contribution >= 0.6 is 35.0 Å². The first-order valence-electron chi connectivity index (χ1n) is 9.84. The highest BCUT2D eigenvalue weighted by atomic mass is 35.5. The molecule has 182 valence electrons. The van der Waals surface area contributed by atoms with Gasteiger partial charge in [0.05, 0.1) is 26.7 Å². The number of nitrogens with one attached hydrogen (secondary N) is 1. The average molecular weight is 544 g/mol. The molecule has 0 bridgehead atoms. The van der Waals surface area contributed by atoms with E-state index in [0.717, 1.165) is 4.90 Å². The van der Waals surface area contributed by atoms with Gasteiger partial charge in [-0.2, -0.15) is 8.78 Å². The van der Waals surface area contributed by atoms with Gasteiger partial charge in [0.15, 0.2) is 0 Å². The van der Waals surface area contributed by atoms with E-state index in [1.54, 1.807) is 12.1 Å². The molecule has 0 spiro atoms. The van der Waals surface area contributed by atoms with E-state index in [2.05, 4.69) is 10.1 Å². The van der Waals surface area contributed by atoms with Gasteiger partial charge in [0.1, 0.15) is 5.82 Å². The monoisotopic (exact) mass is 543 g/mol. The summed E-state index contributed by atoms with van der Waals surface area (Å²) in [6.07, 6.45) is 0.124. The van der Waals surface area contributed by atoms with Crippen molar-refractivity contribution in [2.75, 3.05) is 30.7 Å². The molecule has 0 saturated carbocycles. The highest BCUT2D eigenvalue weighted by Crippen LogP contribution is 2.34. The summed E-state index contributed by atoms with van der Waals surface area (Å²) in [7, 11) is -3.98. The van der Waals surface area contributed by atoms with Crippen molar-refractivity contribution in [1.82, 2.24) is 4.90 Å². The number of nitrogens with zero attached hydrogens (tertiary/aromatic N) is 1. The third-order valence-corrected chi connectivity index (χ3v) is 7.63. The highest BCUT2D eigenvalue weighted by molar-refractivity contribution is 7.99. The van der Waals surface area contributed by atoms with Crippen LogP contribution in [0.3, 0.4) is 0 Å². The molecule has 2 aromatic rings. The zero-order chi connectivity index (χ0) is 24.2. The number of hydrogen-bond donors (Lipinski definition) is 2. The van der Waals surface area contributed by atoms with Gasteiger partial charge in [0, 0.05) is 36.3 Å². The SMILES string of the molecule is NS(=O)(=O)c1cc(Cl)c(N[C@H](CCN2CC(OC(F)F)C2)CSc2ccc(F)cc2)c(Cl)c1. The number of alkyl halides is 2. The van der Waals surface area contributed by atoms with Crippen molar-refractivity contribution in [2.45, 2.75) is 35.0 Å². The summed E-state index contributed by atoms with van der Waals surface area (Å²) >= 11 is 14.0. The summed E-state index contributed by atoms with van der Waals surface area (Å²) in [4.78, 5) is 2.64. The lowest BCUT2D eigenvalue weighted by molar-refractivity contribution is -0.195. The van der Waals surface area contributed by atoms with E-state index in [-0.39, 0.29) is 26.8 Å². The minimum atomic E-state index is -3.98. The molecule has 1 atom stereocenters. The molecule has 6 nitrogen and oxygen atoms in total. The van der Waals surface area contributed by atoms with Gasteiger partial charge in [-0.3, -0.25) is 4.90 Å². The second kappa shape index (κ2) is 11.5. The molecule has 1 fully saturated rings. The summed E-state index contributed by atoms with van der Waals surface area (Å²) in [5, 5.41) is 8.60. The van der Waals surface area contributed by atoms with Crippen molar-refractivity contribution in [2.24, 2.45) is 5.14 Å². The maximum atomic E-state index is 13.2. The minimum absolute atomic E-state index is 0.0951. The van der Waals surface area contributed by atoms with Crippen LogP contribution in [0.15, 0.2) is 46.2 Å². The van der Waals surface area contributed by atoms with Crippen LogP contribution in [0.4, 0.5) is 18.9 Å². The summed E-state index contributed by atoms with van der Waals surface area (Å²) in [5.74, 6) is 0.223. The summed E-state index contributed by atoms with van der Waals surface area (Å²) in [6.45, 7) is -1.36. The lowest BCUT2D eigenvalue weighted by Gasteiger charge is -2.39. The van der Waals surface area contributed by atoms with Gasteiger partial charge in [0.25, 0.3) is 0 Å². The molecule has 1 aliphatic rings. The van der Waals surface area contributed by atoms with Gasteiger partial charge in [0.2, 0.25) is 10.0 Å². The first kappa shape index (κ1) is 26.4. The fourth-order valence-electron chi connectivity index (χ4n) is 3.26. The molecule has 33 heavy (non-hydrogen) atoms. The third kappa shape index (κ3) is 7.91. The van der Waals surface area contributed by atoms with Crippen LogP contribution in [0.1, 0.15) is 6.42 Å². The van der Waals surface area contributed by atoms with Crippen molar-refractivity contribution in [3.05, 3.63) is 52.3 Å². The molecule has 1 aliphatic heterocycles. The van der Waals surface area contributed by atoms with Crippen LogP contribution in [-0.2, 0) is 14.8 Å². The Morgan fingerprint density at radius 1 is 1.18 bits per heavy atom. The number of thioether (sulfide) groups is 1. The molecule has 0 aromatic heterocycles. The van der Waals surface area contributed by atoms with Crippen molar-refractivity contribution in [1.29, 1.82) is 0 Å². The second-order valence-electron chi connectivity index (χ2n) is 7.48. The van der Waals surface area contributed by atoms with Gasteiger partial charge < -0.3 is 10.1 Å². The highest BCUT2D eigenvalue weighted by Gasteiger charge is 2.30. The maximum absolute atomic E-state index is 13.2. The molecule has 3 N–H and O–H groups in total. The summed E-state index contributed by atoms with van der Waals surface area (Å²) < 4.78 is 65.5. The molecule has 0 aliphatic carbocycles. The normalized spacial score (nSPS) is 16.1. The molecule has 1 saturated heterocycles. The zero-order valence-electron chi connectivity index (χ0n) is 17.2. The number of primary sulfonamides is 1. The van der Waals surface area contributed by atoms with E-state index in [1.165, 1.54) is 36.0 Å². The molecule has 13 heteroatoms. The fraction of sp³-hybridized carbons (Fsp3) is 0.400. The number of benzene rings is 2. The van der Waals surface area contributed by atoms with Crippen LogP contribution in [0, 0.1) is 5.82 Å². The minimum Gasteiger partial charge on any atom is -0.379 e. The Balaban J connectivity index is 1.68. The van der Waals surface area contributed by atoms with Crippen molar-refractivity contribution in [3.63, 3.8) is 0 Å². The number of anilines is 1. The van der Waals surface area contributed by atoms with E-state index in [1.807, 2.05) is 4.90 Å². The van der Waals surface area contributed by atoms with E-state index < -0.39 is 22.7 Å². The number of ether oxygens (including phenoxy) is 1. The van der Waals surface area contributed by atoms with Crippen LogP contribution < -0.4 is 10.5 Å². The first-order valence-corrected chi connectivity index (χ1v) is 13.1. The van der Waals surface area contributed by atoms with Crippen LogP contribution in [0.5, 0.6) is 0 Å². The Bertz CT molecular complexity index is 1030. The number of likely N-dealkylation sites (tertiary alicyclic amines) is 1. The average Bonchev–Trinajstić information content (AvgIpc) is 2.69. The van der Waals surface area contributed by atoms with Gasteiger partial charge in [-0.15, -0.1) is 11.8 Å². The summed E-state index contributed by atoms with van der Waals surface area (Å²) in [5.41, 5.74) is 0.359. The first-order chi connectivity index (χ1) is 15.5. The largest absolute Gasteiger partial charge is 0.379 e. The predicted molar refractivity (Wildman–Crippen MR) is 124 cm³/mol. The quantitative estimate of drug-likeness (QED) is 0.401. The fourth-order valence-corrected chi connectivity index (χ4v) is 5.52. The van der Waals surface area contributed by atoms with Crippen molar-refractivity contribution >= 4 is 50.7 Å². The standard InChI is InChI=1S/C20H22Cl2F3N3O3S2/c21-17-7-16(33(26,29)30)8-18(22)19(17)27-13(11-32-15-3-1-12(23)2-4-15)5-6-28-9-14(10-28)31-20(24)25/h1-4,7-8,13-14,20,27H,5-6,9-11H2,(H2,26,29,30)/t13-/m1/s1. The Labute approximate surface area is 204 Å². The number of hydrogen-bond acceptors (Lipinski definition) is 6. The lowest BCUT2D eigenvalue weighted by atomic mass is 10.1. The van der Waals surface area contributed by atoms with Crippen LogP contribution in [-0.4, -0.2) is 57.5 Å². The van der Waals surface area contributed by atoms with Crippen molar-refractivity contribution in [3.8, 4) is 0 Å². The molecule has 0 radical (unpaired) electrons. The molecule has 2 aromatic carbocycles. The Morgan fingerprint density at radius 2 is 1.79 bits per heavy atom. The molecular formula is C20H22Cl2F3N3O3S2. The Kier molecular flexibility index (Phi) is 9.18. The van der Waals surface area contributed by atoms with E-state index in [9.17, 15) is 21.6 Å². The zero-order valence-corrected chi connectivity index (χ0v) is 20.3. The number of halogens is 5. The predicted octanol–water partition coefficient (Wildman–Crippen LogP) is 4.67. The Hall–Kier alpha value is -1.21. The van der Waals surface area contributed by atoms with Gasteiger partial charge in [-0.1, -0.05) is 23.2 Å². The molecule has 1 heterocycles. The smallest absolute Gasteiger partial charge is 0.345 e. The third-order valence-electron chi connectivity index (χ3n) is 4.97. The van der Waals surface area contributed by atoms with Crippen molar-refractivity contribution < 1.29 is 26.3 Å².